The molecule has 0 spiro atoms. The molecular formula is C16H23FN2O. The summed E-state index contributed by atoms with van der Waals surface area (Å²) in [7, 11) is 0. The van der Waals surface area contributed by atoms with E-state index < -0.39 is 5.67 Å². The van der Waals surface area contributed by atoms with Crippen LogP contribution in [0, 0.1) is 0 Å². The lowest BCUT2D eigenvalue weighted by atomic mass is 9.93. The monoisotopic (exact) mass is 278 g/mol. The molecular weight excluding hydrogens is 255 g/mol. The van der Waals surface area contributed by atoms with Crippen molar-refractivity contribution >= 4 is 6.41 Å². The second-order valence-electron chi connectivity index (χ2n) is 5.56. The molecule has 1 aromatic rings. The zero-order chi connectivity index (χ0) is 14.3. The molecule has 0 atom stereocenters. The minimum Gasteiger partial charge on any atom is -0.345 e. The van der Waals surface area contributed by atoms with Gasteiger partial charge in [-0.1, -0.05) is 30.3 Å². The molecule has 0 aliphatic carbocycles. The van der Waals surface area contributed by atoms with E-state index in [9.17, 15) is 9.18 Å². The Balaban J connectivity index is 1.60. The van der Waals surface area contributed by atoms with E-state index in [0.717, 1.165) is 25.8 Å². The number of aryl methyl sites for hydroxylation is 1. The number of likely N-dealkylation sites (tertiary alicyclic amines) is 1. The molecule has 1 heterocycles. The fourth-order valence-corrected chi connectivity index (χ4v) is 2.58. The predicted molar refractivity (Wildman–Crippen MR) is 78.3 cm³/mol. The molecule has 1 aromatic carbocycles. The number of amides is 1. The van der Waals surface area contributed by atoms with Crippen molar-refractivity contribution in [3.05, 3.63) is 35.9 Å². The normalized spacial score (nSPS) is 17.9. The lowest BCUT2D eigenvalue weighted by Gasteiger charge is -2.34. The summed E-state index contributed by atoms with van der Waals surface area (Å²) in [5.41, 5.74) is 0.176. The smallest absolute Gasteiger partial charge is 0.209 e. The van der Waals surface area contributed by atoms with Crippen LogP contribution >= 0.6 is 0 Å². The van der Waals surface area contributed by atoms with Gasteiger partial charge in [-0.3, -0.25) is 4.79 Å². The number of hydrogen-bond acceptors (Lipinski definition) is 2. The highest BCUT2D eigenvalue weighted by Crippen LogP contribution is 2.25. The van der Waals surface area contributed by atoms with Crippen LogP contribution in [-0.4, -0.2) is 43.2 Å². The van der Waals surface area contributed by atoms with E-state index in [4.69, 9.17) is 0 Å². The van der Waals surface area contributed by atoms with Crippen LogP contribution in [0.1, 0.15) is 24.8 Å². The summed E-state index contributed by atoms with van der Waals surface area (Å²) in [5.74, 6) is 0. The maximum Gasteiger partial charge on any atom is 0.209 e. The minimum atomic E-state index is -1.15. The summed E-state index contributed by atoms with van der Waals surface area (Å²) >= 11 is 0. The standard InChI is InChI=1S/C16H23FN2O/c17-16(8-11-19(14-20)12-9-16)13-18-10-4-7-15-5-2-1-3-6-15/h1-3,5-6,14,18H,4,7-13H2. The number of benzene rings is 1. The van der Waals surface area contributed by atoms with Gasteiger partial charge in [0.1, 0.15) is 5.67 Å². The number of nitrogens with one attached hydrogen (secondary N) is 1. The van der Waals surface area contributed by atoms with Crippen molar-refractivity contribution < 1.29 is 9.18 Å². The highest BCUT2D eigenvalue weighted by Gasteiger charge is 2.33. The van der Waals surface area contributed by atoms with Crippen LogP contribution in [0.2, 0.25) is 0 Å². The lowest BCUT2D eigenvalue weighted by Crippen LogP contribution is -2.46. The molecule has 4 heteroatoms. The van der Waals surface area contributed by atoms with Gasteiger partial charge >= 0.3 is 0 Å². The van der Waals surface area contributed by atoms with Gasteiger partial charge in [-0.15, -0.1) is 0 Å². The Hall–Kier alpha value is -1.42. The molecule has 0 bridgehead atoms. The Bertz CT molecular complexity index is 402. The fourth-order valence-electron chi connectivity index (χ4n) is 2.58. The van der Waals surface area contributed by atoms with Crippen molar-refractivity contribution in [1.82, 2.24) is 10.2 Å². The van der Waals surface area contributed by atoms with Crippen LogP contribution in [-0.2, 0) is 11.2 Å². The summed E-state index contributed by atoms with van der Waals surface area (Å²) < 4.78 is 14.4. The Labute approximate surface area is 120 Å². The maximum absolute atomic E-state index is 14.4. The zero-order valence-electron chi connectivity index (χ0n) is 11.9. The predicted octanol–water partition coefficient (Wildman–Crippen LogP) is 2.17. The first-order chi connectivity index (χ1) is 9.72. The summed E-state index contributed by atoms with van der Waals surface area (Å²) in [6.45, 7) is 2.30. The number of nitrogens with zero attached hydrogens (tertiary/aromatic N) is 1. The van der Waals surface area contributed by atoms with Crippen LogP contribution in [0.5, 0.6) is 0 Å². The number of alkyl halides is 1. The van der Waals surface area contributed by atoms with Gasteiger partial charge in [0.25, 0.3) is 0 Å². The Morgan fingerprint density at radius 1 is 1.25 bits per heavy atom. The lowest BCUT2D eigenvalue weighted by molar-refractivity contribution is -0.120. The van der Waals surface area contributed by atoms with E-state index >= 15 is 0 Å². The SMILES string of the molecule is O=CN1CCC(F)(CNCCCc2ccccc2)CC1. The first-order valence-corrected chi connectivity index (χ1v) is 7.35. The molecule has 3 nitrogen and oxygen atoms in total. The quantitative estimate of drug-likeness (QED) is 0.612. The molecule has 20 heavy (non-hydrogen) atoms. The van der Waals surface area contributed by atoms with E-state index in [0.29, 0.717) is 32.5 Å². The molecule has 0 aromatic heterocycles. The van der Waals surface area contributed by atoms with Gasteiger partial charge in [-0.25, -0.2) is 4.39 Å². The molecule has 1 saturated heterocycles. The second-order valence-corrected chi connectivity index (χ2v) is 5.56. The average molecular weight is 278 g/mol. The van der Waals surface area contributed by atoms with Crippen molar-refractivity contribution in [2.45, 2.75) is 31.4 Å². The largest absolute Gasteiger partial charge is 0.345 e. The van der Waals surface area contributed by atoms with Gasteiger partial charge in [0.15, 0.2) is 0 Å². The average Bonchev–Trinajstić information content (AvgIpc) is 2.49. The highest BCUT2D eigenvalue weighted by atomic mass is 19.1. The first kappa shape index (κ1) is 15.0. The second kappa shape index (κ2) is 7.39. The summed E-state index contributed by atoms with van der Waals surface area (Å²) in [6.07, 6.45) is 3.73. The summed E-state index contributed by atoms with van der Waals surface area (Å²) in [5, 5.41) is 3.22. The Morgan fingerprint density at radius 3 is 2.60 bits per heavy atom. The third-order valence-electron chi connectivity index (χ3n) is 3.95. The van der Waals surface area contributed by atoms with Gasteiger partial charge in [0.2, 0.25) is 6.41 Å². The van der Waals surface area contributed by atoms with Crippen LogP contribution in [0.4, 0.5) is 4.39 Å². The van der Waals surface area contributed by atoms with E-state index in [2.05, 4.69) is 17.4 Å². The van der Waals surface area contributed by atoms with Gasteiger partial charge in [-0.05, 0) is 24.9 Å². The molecule has 0 unspecified atom stereocenters. The van der Waals surface area contributed by atoms with Crippen molar-refractivity contribution in [3.63, 3.8) is 0 Å². The molecule has 1 fully saturated rings. The number of hydrogen-bond donors (Lipinski definition) is 1. The van der Waals surface area contributed by atoms with Crippen LogP contribution in [0.3, 0.4) is 0 Å². The van der Waals surface area contributed by atoms with Gasteiger partial charge < -0.3 is 10.2 Å². The molecule has 0 radical (unpaired) electrons. The van der Waals surface area contributed by atoms with Gasteiger partial charge in [-0.2, -0.15) is 0 Å². The number of halogens is 1. The molecule has 1 amide bonds. The van der Waals surface area contributed by atoms with E-state index in [1.807, 2.05) is 18.2 Å². The Kier molecular flexibility index (Phi) is 5.53. The zero-order valence-corrected chi connectivity index (χ0v) is 11.9. The van der Waals surface area contributed by atoms with Crippen LogP contribution in [0.15, 0.2) is 30.3 Å². The molecule has 2 rings (SSSR count). The van der Waals surface area contributed by atoms with Crippen LogP contribution in [0.25, 0.3) is 0 Å². The molecule has 1 aliphatic rings. The number of rotatable bonds is 7. The number of carbonyl (C=O) groups is 1. The third-order valence-corrected chi connectivity index (χ3v) is 3.95. The fraction of sp³-hybridized carbons (Fsp3) is 0.562. The topological polar surface area (TPSA) is 32.3 Å². The van der Waals surface area contributed by atoms with Gasteiger partial charge in [0.05, 0.1) is 0 Å². The van der Waals surface area contributed by atoms with Crippen molar-refractivity contribution in [2.75, 3.05) is 26.2 Å². The third kappa shape index (κ3) is 4.60. The summed E-state index contributed by atoms with van der Waals surface area (Å²) in [4.78, 5) is 12.2. The van der Waals surface area contributed by atoms with E-state index in [1.54, 1.807) is 4.90 Å². The van der Waals surface area contributed by atoms with Crippen molar-refractivity contribution in [1.29, 1.82) is 0 Å². The minimum absolute atomic E-state index is 0.397. The van der Waals surface area contributed by atoms with Crippen LogP contribution < -0.4 is 5.32 Å². The van der Waals surface area contributed by atoms with E-state index in [1.165, 1.54) is 5.56 Å². The molecule has 110 valence electrons. The van der Waals surface area contributed by atoms with Crippen molar-refractivity contribution in [2.24, 2.45) is 0 Å². The molecule has 1 N–H and O–H groups in total. The summed E-state index contributed by atoms with van der Waals surface area (Å²) in [6, 6.07) is 10.3. The first-order valence-electron chi connectivity index (χ1n) is 7.35. The highest BCUT2D eigenvalue weighted by molar-refractivity contribution is 5.47. The number of piperidine rings is 1. The molecule has 1 aliphatic heterocycles. The van der Waals surface area contributed by atoms with E-state index in [-0.39, 0.29) is 0 Å². The maximum atomic E-state index is 14.4. The van der Waals surface area contributed by atoms with Crippen molar-refractivity contribution in [3.8, 4) is 0 Å². The van der Waals surface area contributed by atoms with Gasteiger partial charge in [0, 0.05) is 32.5 Å². The Morgan fingerprint density at radius 2 is 1.95 bits per heavy atom. The molecule has 0 saturated carbocycles. The number of carbonyl (C=O) groups excluding carboxylic acids is 1.